The average Bonchev–Trinajstić information content (AvgIpc) is 1.87. The van der Waals surface area contributed by atoms with Crippen LogP contribution in [-0.4, -0.2) is 35.7 Å². The van der Waals surface area contributed by atoms with Crippen LogP contribution >= 0.6 is 12.4 Å². The lowest BCUT2D eigenvalue weighted by atomic mass is 10.8. The molecule has 0 aliphatic rings. The van der Waals surface area contributed by atoms with Crippen LogP contribution in [0.25, 0.3) is 0 Å². The highest BCUT2D eigenvalue weighted by Gasteiger charge is 1.98. The second kappa shape index (κ2) is 8.05. The van der Waals surface area contributed by atoms with E-state index in [1.54, 1.807) is 0 Å². The van der Waals surface area contributed by atoms with Gasteiger partial charge in [-0.3, -0.25) is 5.32 Å². The molecule has 72 valence electrons. The Morgan fingerprint density at radius 3 is 2.50 bits per heavy atom. The fourth-order valence-electron chi connectivity index (χ4n) is 0.348. The molecule has 0 aromatic carbocycles. The van der Waals surface area contributed by atoms with Crippen molar-refractivity contribution in [2.45, 2.75) is 0 Å². The number of urea groups is 1. The quantitative estimate of drug-likeness (QED) is 0.199. The SMILES string of the molecule is Cl.NC(=NCO)NC(=O)NCO. The van der Waals surface area contributed by atoms with Gasteiger partial charge in [0.25, 0.3) is 0 Å². The largest absolute Gasteiger partial charge is 0.376 e. The third-order valence-corrected chi connectivity index (χ3v) is 0.722. The standard InChI is InChI=1S/C4H10N4O3.ClH/c5-3(6-1-9)8-4(11)7-2-10;/h9-10H,1-2H2,(H4,5,6,7,8,11);1H. The number of carbonyl (C=O) groups is 1. The lowest BCUT2D eigenvalue weighted by Crippen LogP contribution is -2.43. The average molecular weight is 199 g/mol. The molecule has 2 amide bonds. The van der Waals surface area contributed by atoms with Gasteiger partial charge in [-0.1, -0.05) is 0 Å². The highest BCUT2D eigenvalue weighted by atomic mass is 35.5. The molecule has 6 N–H and O–H groups in total. The number of amides is 2. The number of hydrogen-bond acceptors (Lipinski definition) is 4. The number of nitrogens with two attached hydrogens (primary N) is 1. The number of nitrogens with one attached hydrogen (secondary N) is 2. The van der Waals surface area contributed by atoms with Gasteiger partial charge in [-0.2, -0.15) is 0 Å². The minimum absolute atomic E-state index is 0. The topological polar surface area (TPSA) is 120 Å². The summed E-state index contributed by atoms with van der Waals surface area (Å²) in [6.07, 6.45) is 0. The van der Waals surface area contributed by atoms with Crippen LogP contribution in [0.1, 0.15) is 0 Å². The fourth-order valence-corrected chi connectivity index (χ4v) is 0.348. The minimum atomic E-state index is -0.679. The summed E-state index contributed by atoms with van der Waals surface area (Å²) in [6, 6.07) is -0.679. The van der Waals surface area contributed by atoms with Gasteiger partial charge in [-0.15, -0.1) is 12.4 Å². The molecule has 0 atom stereocenters. The first-order chi connectivity index (χ1) is 5.20. The lowest BCUT2D eigenvalue weighted by Gasteiger charge is -2.02. The molecule has 0 saturated carbocycles. The predicted octanol–water partition coefficient (Wildman–Crippen LogP) is -2.08. The number of aliphatic imine (C=N–C) groups is 1. The summed E-state index contributed by atoms with van der Waals surface area (Å²) < 4.78 is 0. The van der Waals surface area contributed by atoms with Crippen LogP contribution in [-0.2, 0) is 0 Å². The molecule has 0 rings (SSSR count). The van der Waals surface area contributed by atoms with Gasteiger partial charge in [-0.25, -0.2) is 9.79 Å². The maximum absolute atomic E-state index is 10.5. The van der Waals surface area contributed by atoms with Crippen LogP contribution in [0, 0.1) is 0 Å². The van der Waals surface area contributed by atoms with Crippen LogP contribution in [0.4, 0.5) is 4.79 Å². The highest BCUT2D eigenvalue weighted by molar-refractivity contribution is 5.95. The van der Waals surface area contributed by atoms with Gasteiger partial charge in [0.2, 0.25) is 0 Å². The van der Waals surface area contributed by atoms with Crippen molar-refractivity contribution in [1.29, 1.82) is 0 Å². The number of hydrogen-bond donors (Lipinski definition) is 5. The Morgan fingerprint density at radius 1 is 1.50 bits per heavy atom. The molecule has 0 aliphatic carbocycles. The van der Waals surface area contributed by atoms with E-state index in [4.69, 9.17) is 15.9 Å². The number of aliphatic hydroxyl groups is 2. The smallest absolute Gasteiger partial charge is 0.323 e. The van der Waals surface area contributed by atoms with Gasteiger partial charge < -0.3 is 21.3 Å². The van der Waals surface area contributed by atoms with Gasteiger partial charge in [0.15, 0.2) is 5.96 Å². The van der Waals surface area contributed by atoms with E-state index in [0.29, 0.717) is 0 Å². The van der Waals surface area contributed by atoms with Gasteiger partial charge in [-0.05, 0) is 0 Å². The molecule has 12 heavy (non-hydrogen) atoms. The zero-order valence-corrected chi connectivity index (χ0v) is 6.97. The number of rotatable bonds is 2. The Labute approximate surface area is 75.1 Å². The zero-order valence-electron chi connectivity index (χ0n) is 6.15. The Bertz CT molecular complexity index is 162. The van der Waals surface area contributed by atoms with E-state index >= 15 is 0 Å². The lowest BCUT2D eigenvalue weighted by molar-refractivity contribution is 0.221. The highest BCUT2D eigenvalue weighted by Crippen LogP contribution is 1.65. The predicted molar refractivity (Wildman–Crippen MR) is 44.7 cm³/mol. The molecule has 0 spiro atoms. The summed E-state index contributed by atoms with van der Waals surface area (Å²) in [5, 5.41) is 20.4. The molecule has 0 aromatic rings. The molecule has 0 saturated heterocycles. The van der Waals surface area contributed by atoms with Crippen LogP contribution in [0.15, 0.2) is 4.99 Å². The first-order valence-electron chi connectivity index (χ1n) is 2.77. The molecule has 0 radical (unpaired) electrons. The Morgan fingerprint density at radius 2 is 2.08 bits per heavy atom. The zero-order chi connectivity index (χ0) is 8.69. The van der Waals surface area contributed by atoms with E-state index < -0.39 is 19.5 Å². The van der Waals surface area contributed by atoms with Crippen molar-refractivity contribution in [3.63, 3.8) is 0 Å². The van der Waals surface area contributed by atoms with E-state index in [9.17, 15) is 4.79 Å². The maximum Gasteiger partial charge on any atom is 0.323 e. The molecule has 0 aliphatic heterocycles. The maximum atomic E-state index is 10.5. The van der Waals surface area contributed by atoms with Gasteiger partial charge in [0.1, 0.15) is 13.5 Å². The van der Waals surface area contributed by atoms with Crippen molar-refractivity contribution in [2.75, 3.05) is 13.5 Å². The molecule has 0 bridgehead atoms. The first-order valence-corrected chi connectivity index (χ1v) is 2.77. The minimum Gasteiger partial charge on any atom is -0.376 e. The summed E-state index contributed by atoms with van der Waals surface area (Å²) in [5.41, 5.74) is 5.05. The van der Waals surface area contributed by atoms with Crippen LogP contribution < -0.4 is 16.4 Å². The van der Waals surface area contributed by atoms with Gasteiger partial charge in [0, 0.05) is 0 Å². The summed E-state index contributed by atoms with van der Waals surface area (Å²) >= 11 is 0. The summed E-state index contributed by atoms with van der Waals surface area (Å²) in [5.74, 6) is -0.210. The summed E-state index contributed by atoms with van der Waals surface area (Å²) in [6.45, 7) is -0.983. The number of aliphatic hydroxyl groups excluding tert-OH is 2. The van der Waals surface area contributed by atoms with Crippen LogP contribution in [0.5, 0.6) is 0 Å². The van der Waals surface area contributed by atoms with E-state index in [0.717, 1.165) is 0 Å². The van der Waals surface area contributed by atoms with Gasteiger partial charge >= 0.3 is 6.03 Å². The molecule has 0 fully saturated rings. The molecule has 7 nitrogen and oxygen atoms in total. The van der Waals surface area contributed by atoms with Crippen molar-refractivity contribution >= 4 is 24.4 Å². The normalized spacial score (nSPS) is 10.0. The second-order valence-electron chi connectivity index (χ2n) is 1.47. The van der Waals surface area contributed by atoms with Crippen molar-refractivity contribution < 1.29 is 15.0 Å². The number of nitrogens with zero attached hydrogens (tertiary/aromatic N) is 1. The summed E-state index contributed by atoms with van der Waals surface area (Å²) in [4.78, 5) is 13.7. The number of guanidine groups is 1. The van der Waals surface area contributed by atoms with E-state index in [2.05, 4.69) is 4.99 Å². The van der Waals surface area contributed by atoms with Crippen molar-refractivity contribution in [1.82, 2.24) is 10.6 Å². The Hall–Kier alpha value is -1.05. The Balaban J connectivity index is 0. The van der Waals surface area contributed by atoms with E-state index in [1.807, 2.05) is 10.6 Å². The Kier molecular flexibility index (Phi) is 9.08. The van der Waals surface area contributed by atoms with Gasteiger partial charge in [0.05, 0.1) is 0 Å². The third-order valence-electron chi connectivity index (χ3n) is 0.722. The number of halogens is 1. The molecular formula is C4H11ClN4O3. The van der Waals surface area contributed by atoms with Crippen molar-refractivity contribution in [3.05, 3.63) is 0 Å². The van der Waals surface area contributed by atoms with Crippen LogP contribution in [0.2, 0.25) is 0 Å². The first kappa shape index (κ1) is 13.5. The van der Waals surface area contributed by atoms with Crippen molar-refractivity contribution in [2.24, 2.45) is 10.7 Å². The fraction of sp³-hybridized carbons (Fsp3) is 0.500. The monoisotopic (exact) mass is 198 g/mol. The van der Waals surface area contributed by atoms with Crippen molar-refractivity contribution in [3.8, 4) is 0 Å². The molecule has 0 aromatic heterocycles. The second-order valence-corrected chi connectivity index (χ2v) is 1.47. The molecule has 0 heterocycles. The number of carbonyl (C=O) groups excluding carboxylic acids is 1. The van der Waals surface area contributed by atoms with Crippen LogP contribution in [0.3, 0.4) is 0 Å². The van der Waals surface area contributed by atoms with E-state index in [-0.39, 0.29) is 18.4 Å². The molecule has 8 heteroatoms. The molecular weight excluding hydrogens is 188 g/mol. The van der Waals surface area contributed by atoms with E-state index in [1.165, 1.54) is 0 Å². The molecule has 0 unspecified atom stereocenters. The third kappa shape index (κ3) is 7.06. The summed E-state index contributed by atoms with van der Waals surface area (Å²) in [7, 11) is 0.